The van der Waals surface area contributed by atoms with Crippen LogP contribution in [0, 0.1) is 0 Å². The smallest absolute Gasteiger partial charge is 0.137 e. The molecule has 120 valence electrons. The van der Waals surface area contributed by atoms with Gasteiger partial charge in [-0.05, 0) is 54.3 Å². The van der Waals surface area contributed by atoms with E-state index in [1.54, 1.807) is 0 Å². The Morgan fingerprint density at radius 2 is 1.09 bits per heavy atom. The van der Waals surface area contributed by atoms with Gasteiger partial charge in [-0.3, -0.25) is 0 Å². The van der Waals surface area contributed by atoms with Crippen LogP contribution in [0.25, 0.3) is 0 Å². The molecular formula is C17H18N2S4. The van der Waals surface area contributed by atoms with Gasteiger partial charge in [0, 0.05) is 11.4 Å². The predicted octanol–water partition coefficient (Wildman–Crippen LogP) is 5.40. The van der Waals surface area contributed by atoms with E-state index in [4.69, 9.17) is 24.4 Å². The standard InChI is InChI=1S/C17H18N2S4/c1-22-16(20)18-14-7-3-12(4-8-14)11-13-5-9-15(10-6-13)19-17(21)23-2/h3-10H,11H2,1-2H3,(H,18,20)(H,19,21). The molecule has 2 aromatic carbocycles. The summed E-state index contributed by atoms with van der Waals surface area (Å²) < 4.78 is 1.56. The molecule has 2 aromatic rings. The Morgan fingerprint density at radius 1 is 0.739 bits per heavy atom. The zero-order chi connectivity index (χ0) is 16.7. The molecule has 0 atom stereocenters. The van der Waals surface area contributed by atoms with Crippen LogP contribution in [-0.2, 0) is 6.42 Å². The van der Waals surface area contributed by atoms with E-state index in [1.165, 1.54) is 34.7 Å². The van der Waals surface area contributed by atoms with Crippen LogP contribution in [0.1, 0.15) is 11.1 Å². The highest BCUT2D eigenvalue weighted by Gasteiger charge is 2.00. The van der Waals surface area contributed by atoms with Gasteiger partial charge in [-0.1, -0.05) is 48.7 Å². The van der Waals surface area contributed by atoms with Crippen molar-refractivity contribution in [3.8, 4) is 0 Å². The van der Waals surface area contributed by atoms with Crippen LogP contribution in [-0.4, -0.2) is 21.2 Å². The molecule has 0 aromatic heterocycles. The van der Waals surface area contributed by atoms with Crippen molar-refractivity contribution in [2.75, 3.05) is 23.1 Å². The van der Waals surface area contributed by atoms with Crippen LogP contribution in [0.3, 0.4) is 0 Å². The van der Waals surface area contributed by atoms with E-state index >= 15 is 0 Å². The third kappa shape index (κ3) is 6.14. The Morgan fingerprint density at radius 3 is 1.39 bits per heavy atom. The number of hydrogen-bond donors (Lipinski definition) is 2. The first-order valence-electron chi connectivity index (χ1n) is 6.98. The monoisotopic (exact) mass is 378 g/mol. The molecule has 2 nitrogen and oxygen atoms in total. The third-order valence-electron chi connectivity index (χ3n) is 3.18. The number of nitrogens with one attached hydrogen (secondary N) is 2. The summed E-state index contributed by atoms with van der Waals surface area (Å²) in [5.74, 6) is 0. The summed E-state index contributed by atoms with van der Waals surface area (Å²) in [4.78, 5) is 0. The van der Waals surface area contributed by atoms with E-state index in [-0.39, 0.29) is 0 Å². The lowest BCUT2D eigenvalue weighted by Crippen LogP contribution is -2.03. The molecule has 2 N–H and O–H groups in total. The highest BCUT2D eigenvalue weighted by molar-refractivity contribution is 8.23. The molecule has 0 fully saturated rings. The van der Waals surface area contributed by atoms with Crippen LogP contribution in [0.4, 0.5) is 11.4 Å². The molecule has 0 amide bonds. The van der Waals surface area contributed by atoms with E-state index in [2.05, 4.69) is 59.2 Å². The minimum atomic E-state index is 0.781. The fourth-order valence-corrected chi connectivity index (χ4v) is 2.66. The summed E-state index contributed by atoms with van der Waals surface area (Å²) >= 11 is 13.4. The molecule has 0 heterocycles. The second kappa shape index (κ2) is 9.27. The van der Waals surface area contributed by atoms with Gasteiger partial charge in [-0.15, -0.1) is 23.5 Å². The number of benzene rings is 2. The van der Waals surface area contributed by atoms with Gasteiger partial charge in [0.05, 0.1) is 0 Å². The van der Waals surface area contributed by atoms with E-state index in [1.807, 2.05) is 12.5 Å². The van der Waals surface area contributed by atoms with Crippen molar-refractivity contribution in [3.05, 3.63) is 59.7 Å². The normalized spacial score (nSPS) is 10.2. The first kappa shape index (κ1) is 18.3. The topological polar surface area (TPSA) is 24.1 Å². The van der Waals surface area contributed by atoms with E-state index in [0.717, 1.165) is 26.4 Å². The first-order valence-corrected chi connectivity index (χ1v) is 10.2. The maximum Gasteiger partial charge on any atom is 0.137 e. The minimum absolute atomic E-state index is 0.781. The minimum Gasteiger partial charge on any atom is -0.341 e. The molecule has 0 unspecified atom stereocenters. The summed E-state index contributed by atoms with van der Waals surface area (Å²) in [6.07, 6.45) is 4.84. The number of thiocarbonyl (C=S) groups is 2. The Balaban J connectivity index is 1.96. The average molecular weight is 379 g/mol. The van der Waals surface area contributed by atoms with Crippen molar-refractivity contribution in [1.29, 1.82) is 0 Å². The van der Waals surface area contributed by atoms with Crippen molar-refractivity contribution in [2.24, 2.45) is 0 Å². The van der Waals surface area contributed by atoms with Crippen LogP contribution in [0.15, 0.2) is 48.5 Å². The van der Waals surface area contributed by atoms with Gasteiger partial charge in [-0.2, -0.15) is 0 Å². The summed E-state index contributed by atoms with van der Waals surface area (Å²) in [7, 11) is 0. The molecule has 0 saturated carbocycles. The SMILES string of the molecule is CSC(=S)Nc1ccc(Cc2ccc(NC(=S)SC)cc2)cc1. The van der Waals surface area contributed by atoms with Gasteiger partial charge in [-0.25, -0.2) is 0 Å². The van der Waals surface area contributed by atoms with E-state index in [9.17, 15) is 0 Å². The largest absolute Gasteiger partial charge is 0.341 e. The molecule has 6 heteroatoms. The quantitative estimate of drug-likeness (QED) is 0.691. The van der Waals surface area contributed by atoms with E-state index < -0.39 is 0 Å². The van der Waals surface area contributed by atoms with Crippen LogP contribution in [0.5, 0.6) is 0 Å². The number of hydrogen-bond acceptors (Lipinski definition) is 4. The molecule has 0 spiro atoms. The molecule has 23 heavy (non-hydrogen) atoms. The van der Waals surface area contributed by atoms with Crippen LogP contribution < -0.4 is 10.6 Å². The Kier molecular flexibility index (Phi) is 7.36. The van der Waals surface area contributed by atoms with Gasteiger partial charge >= 0.3 is 0 Å². The number of thioether (sulfide) groups is 2. The Labute approximate surface area is 156 Å². The third-order valence-corrected chi connectivity index (χ3v) is 5.33. The molecule has 0 aliphatic rings. The van der Waals surface area contributed by atoms with Crippen molar-refractivity contribution >= 4 is 68.0 Å². The second-order valence-corrected chi connectivity index (χ2v) is 7.77. The maximum absolute atomic E-state index is 5.16. The van der Waals surface area contributed by atoms with Crippen LogP contribution in [0.2, 0.25) is 0 Å². The number of rotatable bonds is 4. The van der Waals surface area contributed by atoms with Gasteiger partial charge in [0.15, 0.2) is 0 Å². The summed E-state index contributed by atoms with van der Waals surface area (Å²) in [5, 5.41) is 6.37. The predicted molar refractivity (Wildman–Crippen MR) is 115 cm³/mol. The van der Waals surface area contributed by atoms with E-state index in [0.29, 0.717) is 0 Å². The zero-order valence-corrected chi connectivity index (χ0v) is 16.2. The fourth-order valence-electron chi connectivity index (χ4n) is 1.99. The Bertz CT molecular complexity index is 606. The van der Waals surface area contributed by atoms with Gasteiger partial charge in [0.25, 0.3) is 0 Å². The molecule has 2 rings (SSSR count). The summed E-state index contributed by atoms with van der Waals surface area (Å²) in [6, 6.07) is 16.7. The first-order chi connectivity index (χ1) is 11.1. The highest BCUT2D eigenvalue weighted by atomic mass is 32.2. The molecule has 0 aliphatic carbocycles. The lowest BCUT2D eigenvalue weighted by Gasteiger charge is -2.08. The fraction of sp³-hybridized carbons (Fsp3) is 0.176. The summed E-state index contributed by atoms with van der Waals surface area (Å²) in [5.41, 5.74) is 4.59. The molecule has 0 bridgehead atoms. The van der Waals surface area contributed by atoms with Crippen molar-refractivity contribution in [1.82, 2.24) is 0 Å². The zero-order valence-electron chi connectivity index (χ0n) is 13.0. The molecule has 0 saturated heterocycles. The molecular weight excluding hydrogens is 360 g/mol. The van der Waals surface area contributed by atoms with Crippen LogP contribution >= 0.6 is 48.0 Å². The van der Waals surface area contributed by atoms with Gasteiger partial charge in [0.2, 0.25) is 0 Å². The second-order valence-electron chi connectivity index (χ2n) is 4.80. The number of anilines is 2. The maximum atomic E-state index is 5.16. The molecule has 0 radical (unpaired) electrons. The average Bonchev–Trinajstić information content (AvgIpc) is 2.58. The summed E-state index contributed by atoms with van der Waals surface area (Å²) in [6.45, 7) is 0. The lowest BCUT2D eigenvalue weighted by molar-refractivity contribution is 1.19. The van der Waals surface area contributed by atoms with Crippen molar-refractivity contribution in [3.63, 3.8) is 0 Å². The highest BCUT2D eigenvalue weighted by Crippen LogP contribution is 2.17. The van der Waals surface area contributed by atoms with Gasteiger partial charge in [0.1, 0.15) is 8.64 Å². The van der Waals surface area contributed by atoms with Crippen molar-refractivity contribution in [2.45, 2.75) is 6.42 Å². The lowest BCUT2D eigenvalue weighted by atomic mass is 10.0. The Hall–Kier alpha value is -1.08. The van der Waals surface area contributed by atoms with Gasteiger partial charge < -0.3 is 10.6 Å². The molecule has 0 aliphatic heterocycles. The van der Waals surface area contributed by atoms with Crippen molar-refractivity contribution < 1.29 is 0 Å².